The highest BCUT2D eigenvalue weighted by atomic mass is 19.3. The number of alkyl halides is 2. The van der Waals surface area contributed by atoms with Gasteiger partial charge < -0.3 is 15.2 Å². The number of nitrogens with zero attached hydrogens (tertiary/aromatic N) is 1. The Labute approximate surface area is 96.5 Å². The smallest absolute Gasteiger partial charge is 0.339 e. The molecule has 1 aromatic heterocycles. The van der Waals surface area contributed by atoms with Crippen LogP contribution in [0.25, 0.3) is 0 Å². The number of esters is 1. The first-order valence-electron chi connectivity index (χ1n) is 4.69. The fourth-order valence-electron chi connectivity index (χ4n) is 1.31. The van der Waals surface area contributed by atoms with Crippen LogP contribution in [0.4, 0.5) is 8.78 Å². The summed E-state index contributed by atoms with van der Waals surface area (Å²) in [6.07, 6.45) is -2.90. The van der Waals surface area contributed by atoms with Crippen molar-refractivity contribution < 1.29 is 23.0 Å². The zero-order valence-electron chi connectivity index (χ0n) is 9.37. The highest BCUT2D eigenvalue weighted by molar-refractivity contribution is 5.91. The molecule has 7 heteroatoms. The predicted molar refractivity (Wildman–Crippen MR) is 55.0 cm³/mol. The van der Waals surface area contributed by atoms with Gasteiger partial charge >= 0.3 is 5.97 Å². The van der Waals surface area contributed by atoms with Crippen LogP contribution < -0.4 is 10.5 Å². The molecule has 0 aliphatic carbocycles. The molecule has 2 N–H and O–H groups in total. The van der Waals surface area contributed by atoms with Crippen LogP contribution in [0, 0.1) is 0 Å². The van der Waals surface area contributed by atoms with Gasteiger partial charge in [0.1, 0.15) is 5.69 Å². The lowest BCUT2D eigenvalue weighted by molar-refractivity contribution is 0.0586. The Bertz CT molecular complexity index is 424. The van der Waals surface area contributed by atoms with Crippen molar-refractivity contribution in [2.24, 2.45) is 5.73 Å². The third-order valence-corrected chi connectivity index (χ3v) is 2.12. The number of nitrogens with two attached hydrogens (primary N) is 1. The molecule has 0 saturated heterocycles. The maximum absolute atomic E-state index is 12.7. The molecule has 0 radical (unpaired) electrons. The minimum Gasteiger partial charge on any atom is -0.481 e. The van der Waals surface area contributed by atoms with Crippen molar-refractivity contribution in [3.8, 4) is 5.88 Å². The van der Waals surface area contributed by atoms with Gasteiger partial charge in [-0.15, -0.1) is 0 Å². The van der Waals surface area contributed by atoms with Gasteiger partial charge in [-0.1, -0.05) is 0 Å². The predicted octanol–water partition coefficient (Wildman–Crippen LogP) is 1.27. The molecule has 0 saturated carbocycles. The maximum atomic E-state index is 12.7. The monoisotopic (exact) mass is 246 g/mol. The largest absolute Gasteiger partial charge is 0.481 e. The van der Waals surface area contributed by atoms with E-state index < -0.39 is 18.1 Å². The molecule has 0 aromatic carbocycles. The Morgan fingerprint density at radius 3 is 2.59 bits per heavy atom. The van der Waals surface area contributed by atoms with E-state index >= 15 is 0 Å². The van der Waals surface area contributed by atoms with Crippen molar-refractivity contribution in [1.29, 1.82) is 0 Å². The molecule has 0 fully saturated rings. The van der Waals surface area contributed by atoms with Crippen molar-refractivity contribution in [2.45, 2.75) is 13.0 Å². The molecule has 0 atom stereocenters. The molecule has 0 unspecified atom stereocenters. The average molecular weight is 246 g/mol. The number of pyridine rings is 1. The SMILES string of the molecule is COC(=O)c1cc(CN)c(OC)nc1C(F)F. The summed E-state index contributed by atoms with van der Waals surface area (Å²) < 4.78 is 34.7. The number of ether oxygens (including phenoxy) is 2. The van der Waals surface area contributed by atoms with E-state index in [4.69, 9.17) is 10.5 Å². The quantitative estimate of drug-likeness (QED) is 0.810. The molecule has 0 bridgehead atoms. The van der Waals surface area contributed by atoms with Crippen LogP contribution in [-0.2, 0) is 11.3 Å². The lowest BCUT2D eigenvalue weighted by Crippen LogP contribution is -2.12. The fraction of sp³-hybridized carbons (Fsp3) is 0.400. The molecular weight excluding hydrogens is 234 g/mol. The van der Waals surface area contributed by atoms with Gasteiger partial charge in [0.15, 0.2) is 0 Å². The first-order valence-corrected chi connectivity index (χ1v) is 4.69. The Morgan fingerprint density at radius 1 is 1.53 bits per heavy atom. The molecule has 0 aliphatic heterocycles. The zero-order valence-corrected chi connectivity index (χ0v) is 9.37. The Morgan fingerprint density at radius 2 is 2.18 bits per heavy atom. The van der Waals surface area contributed by atoms with Gasteiger partial charge in [-0.05, 0) is 6.07 Å². The number of methoxy groups -OCH3 is 2. The number of hydrogen-bond acceptors (Lipinski definition) is 5. The number of carbonyl (C=O) groups excluding carboxylic acids is 1. The number of rotatable bonds is 4. The van der Waals surface area contributed by atoms with Crippen molar-refractivity contribution >= 4 is 5.97 Å². The summed E-state index contributed by atoms with van der Waals surface area (Å²) in [6, 6.07) is 1.21. The van der Waals surface area contributed by atoms with Crippen LogP contribution >= 0.6 is 0 Å². The third kappa shape index (κ3) is 2.68. The van der Waals surface area contributed by atoms with Crippen molar-refractivity contribution in [1.82, 2.24) is 4.98 Å². The van der Waals surface area contributed by atoms with E-state index in [2.05, 4.69) is 9.72 Å². The topological polar surface area (TPSA) is 74.4 Å². The average Bonchev–Trinajstić information content (AvgIpc) is 2.35. The summed E-state index contributed by atoms with van der Waals surface area (Å²) >= 11 is 0. The minimum atomic E-state index is -2.90. The third-order valence-electron chi connectivity index (χ3n) is 2.12. The van der Waals surface area contributed by atoms with E-state index in [0.29, 0.717) is 5.56 Å². The molecule has 5 nitrogen and oxygen atoms in total. The molecule has 0 spiro atoms. The van der Waals surface area contributed by atoms with Crippen molar-refractivity contribution in [3.05, 3.63) is 22.9 Å². The fourth-order valence-corrected chi connectivity index (χ4v) is 1.31. The number of halogens is 2. The zero-order chi connectivity index (χ0) is 13.0. The summed E-state index contributed by atoms with van der Waals surface area (Å²) in [4.78, 5) is 14.9. The van der Waals surface area contributed by atoms with Crippen molar-refractivity contribution in [3.63, 3.8) is 0 Å². The van der Waals surface area contributed by atoms with Crippen LogP contribution in [0.15, 0.2) is 6.07 Å². The van der Waals surface area contributed by atoms with Crippen LogP contribution in [0.5, 0.6) is 5.88 Å². The number of carbonyl (C=O) groups is 1. The molecule has 0 amide bonds. The number of hydrogen-bond donors (Lipinski definition) is 1. The second-order valence-electron chi connectivity index (χ2n) is 3.09. The minimum absolute atomic E-state index is 0.0175. The van der Waals surface area contributed by atoms with E-state index in [9.17, 15) is 13.6 Å². The van der Waals surface area contributed by atoms with E-state index in [-0.39, 0.29) is 18.0 Å². The van der Waals surface area contributed by atoms with Crippen LogP contribution in [0.1, 0.15) is 28.0 Å². The summed E-state index contributed by atoms with van der Waals surface area (Å²) in [7, 11) is 2.39. The molecule has 17 heavy (non-hydrogen) atoms. The first kappa shape index (κ1) is 13.3. The van der Waals surface area contributed by atoms with Gasteiger partial charge in [-0.25, -0.2) is 18.6 Å². The lowest BCUT2D eigenvalue weighted by atomic mass is 10.1. The highest BCUT2D eigenvalue weighted by Gasteiger charge is 2.23. The highest BCUT2D eigenvalue weighted by Crippen LogP contribution is 2.27. The molecule has 1 aromatic rings. The Balaban J connectivity index is 3.40. The molecule has 94 valence electrons. The molecule has 1 rings (SSSR count). The summed E-state index contributed by atoms with van der Waals surface area (Å²) in [6.45, 7) is 0.0175. The Hall–Kier alpha value is -1.76. The van der Waals surface area contributed by atoms with E-state index in [0.717, 1.165) is 7.11 Å². The van der Waals surface area contributed by atoms with Crippen LogP contribution in [0.3, 0.4) is 0 Å². The molecule has 1 heterocycles. The van der Waals surface area contributed by atoms with Gasteiger partial charge in [0.25, 0.3) is 6.43 Å². The van der Waals surface area contributed by atoms with Gasteiger partial charge in [-0.3, -0.25) is 0 Å². The van der Waals surface area contributed by atoms with E-state index in [1.54, 1.807) is 0 Å². The standard InChI is InChI=1S/C10H12F2N2O3/c1-16-9-5(4-13)3-6(10(15)17-2)7(14-9)8(11)12/h3,8H,4,13H2,1-2H3. The second kappa shape index (κ2) is 5.53. The Kier molecular flexibility index (Phi) is 4.33. The molecule has 0 aliphatic rings. The summed E-state index contributed by atoms with van der Waals surface area (Å²) in [5.41, 5.74) is 4.78. The van der Waals surface area contributed by atoms with Gasteiger partial charge in [0.2, 0.25) is 5.88 Å². The van der Waals surface area contributed by atoms with Crippen molar-refractivity contribution in [2.75, 3.05) is 14.2 Å². The summed E-state index contributed by atoms with van der Waals surface area (Å²) in [5.74, 6) is -0.902. The van der Waals surface area contributed by atoms with Gasteiger partial charge in [0.05, 0.1) is 19.8 Å². The normalized spacial score (nSPS) is 10.5. The first-order chi connectivity index (χ1) is 8.04. The second-order valence-corrected chi connectivity index (χ2v) is 3.09. The maximum Gasteiger partial charge on any atom is 0.339 e. The number of aromatic nitrogens is 1. The summed E-state index contributed by atoms with van der Waals surface area (Å²) in [5, 5.41) is 0. The van der Waals surface area contributed by atoms with Crippen LogP contribution in [-0.4, -0.2) is 25.2 Å². The van der Waals surface area contributed by atoms with Gasteiger partial charge in [0, 0.05) is 12.1 Å². The molecular formula is C10H12F2N2O3. The lowest BCUT2D eigenvalue weighted by Gasteiger charge is -2.11. The van der Waals surface area contributed by atoms with E-state index in [1.165, 1.54) is 13.2 Å². The van der Waals surface area contributed by atoms with Crippen LogP contribution in [0.2, 0.25) is 0 Å². The van der Waals surface area contributed by atoms with Gasteiger partial charge in [-0.2, -0.15) is 0 Å². The van der Waals surface area contributed by atoms with E-state index in [1.807, 2.05) is 0 Å².